The Labute approximate surface area is 91.5 Å². The largest absolute Gasteiger partial charge is 0.383 e. The van der Waals surface area contributed by atoms with Gasteiger partial charge in [0.2, 0.25) is 5.91 Å². The summed E-state index contributed by atoms with van der Waals surface area (Å²) in [6, 6.07) is 0.117. The van der Waals surface area contributed by atoms with Gasteiger partial charge < -0.3 is 15.8 Å². The average molecular weight is 214 g/mol. The van der Waals surface area contributed by atoms with Crippen molar-refractivity contribution in [1.29, 1.82) is 0 Å². The van der Waals surface area contributed by atoms with Gasteiger partial charge in [0.05, 0.1) is 18.1 Å². The van der Waals surface area contributed by atoms with Gasteiger partial charge in [-0.1, -0.05) is 13.3 Å². The van der Waals surface area contributed by atoms with E-state index < -0.39 is 0 Å². The highest BCUT2D eigenvalue weighted by Gasteiger charge is 2.43. The summed E-state index contributed by atoms with van der Waals surface area (Å²) in [5.41, 5.74) is 5.39. The lowest BCUT2D eigenvalue weighted by Crippen LogP contribution is -2.53. The van der Waals surface area contributed by atoms with Crippen LogP contribution in [0.15, 0.2) is 0 Å². The number of ether oxygens (including phenoxy) is 1. The van der Waals surface area contributed by atoms with E-state index in [1.165, 1.54) is 0 Å². The minimum absolute atomic E-state index is 0.111. The summed E-state index contributed by atoms with van der Waals surface area (Å²) < 4.78 is 5.05. The maximum atomic E-state index is 12.0. The molecule has 1 fully saturated rings. The second kappa shape index (κ2) is 5.47. The third-order valence-corrected chi connectivity index (χ3v) is 3.38. The molecule has 0 aromatic rings. The topological polar surface area (TPSA) is 64.3 Å². The van der Waals surface area contributed by atoms with Crippen molar-refractivity contribution in [3.8, 4) is 0 Å². The number of methoxy groups -OCH3 is 1. The molecule has 0 aliphatic heterocycles. The Kier molecular flexibility index (Phi) is 4.54. The molecule has 1 amide bonds. The molecule has 1 unspecified atom stereocenters. The third kappa shape index (κ3) is 2.69. The first-order chi connectivity index (χ1) is 7.18. The van der Waals surface area contributed by atoms with Crippen LogP contribution in [0.4, 0.5) is 0 Å². The summed E-state index contributed by atoms with van der Waals surface area (Å²) in [5.74, 6) is 0.111. The van der Waals surface area contributed by atoms with Gasteiger partial charge in [-0.25, -0.2) is 0 Å². The molecule has 0 radical (unpaired) electrons. The minimum Gasteiger partial charge on any atom is -0.383 e. The molecule has 15 heavy (non-hydrogen) atoms. The van der Waals surface area contributed by atoms with Crippen molar-refractivity contribution in [1.82, 2.24) is 5.32 Å². The Morgan fingerprint density at radius 1 is 1.60 bits per heavy atom. The van der Waals surface area contributed by atoms with Gasteiger partial charge in [0.15, 0.2) is 0 Å². The Bertz CT molecular complexity index is 209. The van der Waals surface area contributed by atoms with Crippen LogP contribution in [0.25, 0.3) is 0 Å². The first-order valence-corrected chi connectivity index (χ1v) is 5.68. The fourth-order valence-electron chi connectivity index (χ4n) is 1.93. The van der Waals surface area contributed by atoms with Crippen molar-refractivity contribution in [3.63, 3.8) is 0 Å². The van der Waals surface area contributed by atoms with Crippen molar-refractivity contribution in [2.45, 2.75) is 38.6 Å². The van der Waals surface area contributed by atoms with E-state index in [2.05, 4.69) is 5.32 Å². The number of hydrogen-bond acceptors (Lipinski definition) is 3. The number of amides is 1. The quantitative estimate of drug-likeness (QED) is 0.682. The van der Waals surface area contributed by atoms with Crippen LogP contribution in [0.1, 0.15) is 32.6 Å². The number of carbonyl (C=O) groups excluding carboxylic acids is 1. The van der Waals surface area contributed by atoms with Gasteiger partial charge >= 0.3 is 0 Å². The number of nitrogens with two attached hydrogens (primary N) is 1. The van der Waals surface area contributed by atoms with Crippen molar-refractivity contribution >= 4 is 5.91 Å². The summed E-state index contributed by atoms with van der Waals surface area (Å²) >= 11 is 0. The fraction of sp³-hybridized carbons (Fsp3) is 0.909. The number of nitrogens with one attached hydrogen (secondary N) is 1. The van der Waals surface area contributed by atoms with Crippen LogP contribution in [-0.4, -0.2) is 32.2 Å². The van der Waals surface area contributed by atoms with Gasteiger partial charge in [0, 0.05) is 13.7 Å². The molecule has 0 aromatic carbocycles. The van der Waals surface area contributed by atoms with Gasteiger partial charge in [-0.15, -0.1) is 0 Å². The third-order valence-electron chi connectivity index (χ3n) is 3.38. The highest BCUT2D eigenvalue weighted by molar-refractivity contribution is 5.84. The molecule has 1 aliphatic rings. The summed E-state index contributed by atoms with van der Waals surface area (Å²) in [4.78, 5) is 12.0. The SMILES string of the molecule is CCC(COC)NC(=O)C1(CN)CCC1. The smallest absolute Gasteiger partial charge is 0.227 e. The highest BCUT2D eigenvalue weighted by Crippen LogP contribution is 2.40. The van der Waals surface area contributed by atoms with Crippen molar-refractivity contribution in [3.05, 3.63) is 0 Å². The number of rotatable bonds is 6. The van der Waals surface area contributed by atoms with E-state index in [4.69, 9.17) is 10.5 Å². The van der Waals surface area contributed by atoms with E-state index in [9.17, 15) is 4.79 Å². The van der Waals surface area contributed by atoms with E-state index in [0.717, 1.165) is 25.7 Å². The summed E-state index contributed by atoms with van der Waals surface area (Å²) in [5, 5.41) is 3.02. The molecule has 88 valence electrons. The molecule has 1 saturated carbocycles. The normalized spacial score (nSPS) is 20.5. The van der Waals surface area contributed by atoms with Crippen LogP contribution in [-0.2, 0) is 9.53 Å². The highest BCUT2D eigenvalue weighted by atomic mass is 16.5. The molecule has 1 atom stereocenters. The first-order valence-electron chi connectivity index (χ1n) is 5.68. The van der Waals surface area contributed by atoms with Crippen molar-refractivity contribution in [2.24, 2.45) is 11.1 Å². The minimum atomic E-state index is -0.277. The molecule has 0 aromatic heterocycles. The lowest BCUT2D eigenvalue weighted by atomic mass is 9.68. The Morgan fingerprint density at radius 2 is 2.27 bits per heavy atom. The standard InChI is InChI=1S/C11H22N2O2/c1-3-9(7-15-2)13-10(14)11(8-12)5-4-6-11/h9H,3-8,12H2,1-2H3,(H,13,14). The predicted molar refractivity (Wildman–Crippen MR) is 59.4 cm³/mol. The van der Waals surface area contributed by atoms with Gasteiger partial charge in [0.25, 0.3) is 0 Å². The van der Waals surface area contributed by atoms with Gasteiger partial charge in [-0.3, -0.25) is 4.79 Å². The zero-order chi connectivity index (χ0) is 11.3. The van der Waals surface area contributed by atoms with Gasteiger partial charge in [0.1, 0.15) is 0 Å². The summed E-state index contributed by atoms with van der Waals surface area (Å²) in [7, 11) is 1.65. The number of hydrogen-bond donors (Lipinski definition) is 2. The molecule has 0 spiro atoms. The second-order valence-corrected chi connectivity index (χ2v) is 4.37. The summed E-state index contributed by atoms with van der Waals surface area (Å²) in [6.07, 6.45) is 3.86. The fourth-order valence-corrected chi connectivity index (χ4v) is 1.93. The number of carbonyl (C=O) groups is 1. The monoisotopic (exact) mass is 214 g/mol. The Morgan fingerprint density at radius 3 is 2.60 bits per heavy atom. The first kappa shape index (κ1) is 12.5. The van der Waals surface area contributed by atoms with E-state index in [-0.39, 0.29) is 17.4 Å². The maximum Gasteiger partial charge on any atom is 0.227 e. The lowest BCUT2D eigenvalue weighted by molar-refractivity contribution is -0.136. The molecule has 4 heteroatoms. The zero-order valence-electron chi connectivity index (χ0n) is 9.71. The van der Waals surface area contributed by atoms with Crippen molar-refractivity contribution in [2.75, 3.05) is 20.3 Å². The molecule has 4 nitrogen and oxygen atoms in total. The van der Waals surface area contributed by atoms with Crippen LogP contribution in [0.5, 0.6) is 0 Å². The van der Waals surface area contributed by atoms with Crippen molar-refractivity contribution < 1.29 is 9.53 Å². The molecule has 0 saturated heterocycles. The predicted octanol–water partition coefficient (Wildman–Crippen LogP) is 0.657. The molecular weight excluding hydrogens is 192 g/mol. The molecule has 0 bridgehead atoms. The maximum absolute atomic E-state index is 12.0. The van der Waals surface area contributed by atoms with Crippen LogP contribution >= 0.6 is 0 Å². The van der Waals surface area contributed by atoms with Crippen LogP contribution in [0, 0.1) is 5.41 Å². The van der Waals surface area contributed by atoms with Crippen LogP contribution in [0.3, 0.4) is 0 Å². The van der Waals surface area contributed by atoms with Gasteiger partial charge in [-0.2, -0.15) is 0 Å². The molecule has 3 N–H and O–H groups in total. The van der Waals surface area contributed by atoms with Crippen LogP contribution in [0.2, 0.25) is 0 Å². The summed E-state index contributed by atoms with van der Waals surface area (Å²) in [6.45, 7) is 3.07. The molecule has 1 aliphatic carbocycles. The zero-order valence-corrected chi connectivity index (χ0v) is 9.71. The lowest BCUT2D eigenvalue weighted by Gasteiger charge is -2.40. The Hall–Kier alpha value is -0.610. The van der Waals surface area contributed by atoms with E-state index in [1.807, 2.05) is 6.92 Å². The molecular formula is C11H22N2O2. The second-order valence-electron chi connectivity index (χ2n) is 4.37. The van der Waals surface area contributed by atoms with E-state index >= 15 is 0 Å². The Balaban J connectivity index is 2.45. The molecule has 1 rings (SSSR count). The van der Waals surface area contributed by atoms with Crippen LogP contribution < -0.4 is 11.1 Å². The molecule has 0 heterocycles. The van der Waals surface area contributed by atoms with E-state index in [0.29, 0.717) is 13.2 Å². The average Bonchev–Trinajstić information content (AvgIpc) is 2.16. The van der Waals surface area contributed by atoms with Gasteiger partial charge in [-0.05, 0) is 19.3 Å². The van der Waals surface area contributed by atoms with E-state index in [1.54, 1.807) is 7.11 Å².